The Hall–Kier alpha value is -2.84. The average molecular weight is 543 g/mol. The highest BCUT2D eigenvalue weighted by molar-refractivity contribution is 9.10. The molecule has 1 amide bonds. The van der Waals surface area contributed by atoms with E-state index in [1.54, 1.807) is 19.1 Å². The van der Waals surface area contributed by atoms with E-state index in [0.29, 0.717) is 17.9 Å². The van der Waals surface area contributed by atoms with Crippen LogP contribution in [0, 0.1) is 6.92 Å². The Labute approximate surface area is 209 Å². The first kappa shape index (κ1) is 24.3. The van der Waals surface area contributed by atoms with Gasteiger partial charge >= 0.3 is 0 Å². The van der Waals surface area contributed by atoms with Gasteiger partial charge in [-0.1, -0.05) is 46.3 Å². The standard InChI is InChI=1S/C26H27BrN2O4S/c1-18-16-23(34(31,32)29-15-5-7-21-6-3-4-8-24(21)29)13-14-25(18)33-17-26(30)28-19(2)20-9-11-22(27)12-10-20/h3-4,6,8-14,16,19H,5,7,15,17H2,1-2H3,(H,28,30). The molecule has 0 saturated carbocycles. The molecule has 0 aliphatic carbocycles. The number of nitrogens with zero attached hydrogens (tertiary/aromatic N) is 1. The van der Waals surface area contributed by atoms with Gasteiger partial charge in [-0.05, 0) is 79.8 Å². The second kappa shape index (κ2) is 10.2. The number of carbonyl (C=O) groups is 1. The van der Waals surface area contributed by atoms with Gasteiger partial charge in [-0.15, -0.1) is 0 Å². The highest BCUT2D eigenvalue weighted by Crippen LogP contribution is 2.33. The SMILES string of the molecule is Cc1cc(S(=O)(=O)N2CCCc3ccccc32)ccc1OCC(=O)NC(C)c1ccc(Br)cc1. The average Bonchev–Trinajstić information content (AvgIpc) is 2.83. The maximum Gasteiger partial charge on any atom is 0.264 e. The fourth-order valence-electron chi connectivity index (χ4n) is 4.08. The molecule has 1 atom stereocenters. The molecule has 0 spiro atoms. The number of hydrogen-bond acceptors (Lipinski definition) is 4. The van der Waals surface area contributed by atoms with Crippen molar-refractivity contribution in [3.05, 3.63) is 87.9 Å². The number of fused-ring (bicyclic) bond motifs is 1. The summed E-state index contributed by atoms with van der Waals surface area (Å²) in [5, 5.41) is 2.91. The first-order valence-electron chi connectivity index (χ1n) is 11.1. The molecule has 1 unspecified atom stereocenters. The summed E-state index contributed by atoms with van der Waals surface area (Å²) >= 11 is 3.40. The molecular formula is C26H27BrN2O4S. The van der Waals surface area contributed by atoms with Crippen LogP contribution in [0.5, 0.6) is 5.75 Å². The summed E-state index contributed by atoms with van der Waals surface area (Å²) in [4.78, 5) is 12.6. The van der Waals surface area contributed by atoms with E-state index in [1.807, 2.05) is 55.5 Å². The van der Waals surface area contributed by atoms with Crippen LogP contribution in [0.1, 0.15) is 36.1 Å². The third kappa shape index (κ3) is 5.28. The van der Waals surface area contributed by atoms with E-state index in [2.05, 4.69) is 21.2 Å². The zero-order valence-electron chi connectivity index (χ0n) is 19.1. The van der Waals surface area contributed by atoms with E-state index in [0.717, 1.165) is 34.1 Å². The predicted molar refractivity (Wildman–Crippen MR) is 137 cm³/mol. The molecule has 0 fully saturated rings. The van der Waals surface area contributed by atoms with Crippen molar-refractivity contribution in [3.8, 4) is 5.75 Å². The third-order valence-electron chi connectivity index (χ3n) is 5.91. The van der Waals surface area contributed by atoms with Crippen LogP contribution < -0.4 is 14.4 Å². The number of halogens is 1. The van der Waals surface area contributed by atoms with Crippen LogP contribution in [0.4, 0.5) is 5.69 Å². The number of benzene rings is 3. The minimum atomic E-state index is -3.70. The minimum Gasteiger partial charge on any atom is -0.484 e. The van der Waals surface area contributed by atoms with Gasteiger partial charge in [0.2, 0.25) is 0 Å². The molecule has 4 rings (SSSR count). The second-order valence-electron chi connectivity index (χ2n) is 8.37. The summed E-state index contributed by atoms with van der Waals surface area (Å²) < 4.78 is 34.9. The number of sulfonamides is 1. The molecule has 3 aromatic carbocycles. The first-order chi connectivity index (χ1) is 16.3. The van der Waals surface area contributed by atoms with E-state index in [9.17, 15) is 13.2 Å². The molecule has 0 saturated heterocycles. The lowest BCUT2D eigenvalue weighted by Gasteiger charge is -2.30. The topological polar surface area (TPSA) is 75.7 Å². The quantitative estimate of drug-likeness (QED) is 0.447. The largest absolute Gasteiger partial charge is 0.484 e. The summed E-state index contributed by atoms with van der Waals surface area (Å²) in [5.41, 5.74) is 3.42. The molecule has 3 aromatic rings. The number of rotatable bonds is 7. The fourth-order valence-corrected chi connectivity index (χ4v) is 5.97. The van der Waals surface area contributed by atoms with Crippen LogP contribution in [0.3, 0.4) is 0 Å². The highest BCUT2D eigenvalue weighted by atomic mass is 79.9. The molecule has 8 heteroatoms. The van der Waals surface area contributed by atoms with E-state index in [1.165, 1.54) is 10.4 Å². The van der Waals surface area contributed by atoms with Crippen molar-refractivity contribution in [1.82, 2.24) is 5.32 Å². The Morgan fingerprint density at radius 2 is 1.85 bits per heavy atom. The maximum absolute atomic E-state index is 13.4. The van der Waals surface area contributed by atoms with Crippen LogP contribution in [0.15, 0.2) is 76.1 Å². The van der Waals surface area contributed by atoms with Crippen molar-refractivity contribution in [1.29, 1.82) is 0 Å². The number of nitrogens with one attached hydrogen (secondary N) is 1. The van der Waals surface area contributed by atoms with Crippen LogP contribution in [-0.2, 0) is 21.2 Å². The Morgan fingerprint density at radius 1 is 1.12 bits per heavy atom. The van der Waals surface area contributed by atoms with Crippen molar-refractivity contribution < 1.29 is 17.9 Å². The number of para-hydroxylation sites is 1. The molecule has 1 N–H and O–H groups in total. The lowest BCUT2D eigenvalue weighted by atomic mass is 10.0. The number of carbonyl (C=O) groups excluding carboxylic acids is 1. The lowest BCUT2D eigenvalue weighted by molar-refractivity contribution is -0.123. The molecule has 1 aliphatic heterocycles. The summed E-state index contributed by atoms with van der Waals surface area (Å²) in [6.07, 6.45) is 1.65. The van der Waals surface area contributed by atoms with E-state index in [4.69, 9.17) is 4.74 Å². The Morgan fingerprint density at radius 3 is 2.59 bits per heavy atom. The van der Waals surface area contributed by atoms with Crippen molar-refractivity contribution in [2.45, 2.75) is 37.6 Å². The van der Waals surface area contributed by atoms with E-state index in [-0.39, 0.29) is 23.5 Å². The van der Waals surface area contributed by atoms with Crippen LogP contribution in [0.25, 0.3) is 0 Å². The van der Waals surface area contributed by atoms with Gasteiger partial charge in [-0.2, -0.15) is 0 Å². The molecule has 34 heavy (non-hydrogen) atoms. The monoisotopic (exact) mass is 542 g/mol. The van der Waals surface area contributed by atoms with E-state index < -0.39 is 10.0 Å². The van der Waals surface area contributed by atoms with Gasteiger partial charge in [0.25, 0.3) is 15.9 Å². The molecule has 0 bridgehead atoms. The zero-order valence-corrected chi connectivity index (χ0v) is 21.5. The zero-order chi connectivity index (χ0) is 24.3. The Kier molecular flexibility index (Phi) is 7.28. The van der Waals surface area contributed by atoms with Crippen molar-refractivity contribution in [2.75, 3.05) is 17.5 Å². The van der Waals surface area contributed by atoms with Gasteiger partial charge < -0.3 is 10.1 Å². The molecule has 0 aromatic heterocycles. The molecule has 178 valence electrons. The summed E-state index contributed by atoms with van der Waals surface area (Å²) in [6, 6.07) is 20.0. The summed E-state index contributed by atoms with van der Waals surface area (Å²) in [7, 11) is -3.70. The van der Waals surface area contributed by atoms with E-state index >= 15 is 0 Å². The smallest absolute Gasteiger partial charge is 0.264 e. The van der Waals surface area contributed by atoms with Gasteiger partial charge in [-0.3, -0.25) is 9.10 Å². The molecule has 1 aliphatic rings. The van der Waals surface area contributed by atoms with Crippen LogP contribution >= 0.6 is 15.9 Å². The number of ether oxygens (including phenoxy) is 1. The molecular weight excluding hydrogens is 516 g/mol. The second-order valence-corrected chi connectivity index (χ2v) is 11.1. The predicted octanol–water partition coefficient (Wildman–Crippen LogP) is 5.16. The third-order valence-corrected chi connectivity index (χ3v) is 8.25. The minimum absolute atomic E-state index is 0.159. The molecule has 0 radical (unpaired) electrons. The number of hydrogen-bond donors (Lipinski definition) is 1. The highest BCUT2D eigenvalue weighted by Gasteiger charge is 2.29. The van der Waals surface area contributed by atoms with Crippen molar-refractivity contribution >= 4 is 37.5 Å². The van der Waals surface area contributed by atoms with Gasteiger partial charge in [0.15, 0.2) is 6.61 Å². The maximum atomic E-state index is 13.4. The van der Waals surface area contributed by atoms with Gasteiger partial charge in [-0.25, -0.2) is 8.42 Å². The number of anilines is 1. The van der Waals surface area contributed by atoms with Crippen LogP contribution in [0.2, 0.25) is 0 Å². The van der Waals surface area contributed by atoms with Gasteiger partial charge in [0.05, 0.1) is 16.6 Å². The number of amides is 1. The Balaban J connectivity index is 1.42. The summed E-state index contributed by atoms with van der Waals surface area (Å²) in [5.74, 6) is 0.223. The number of aryl methyl sites for hydroxylation is 2. The van der Waals surface area contributed by atoms with Crippen molar-refractivity contribution in [3.63, 3.8) is 0 Å². The van der Waals surface area contributed by atoms with Gasteiger partial charge in [0, 0.05) is 11.0 Å². The lowest BCUT2D eigenvalue weighted by Crippen LogP contribution is -2.35. The summed E-state index contributed by atoms with van der Waals surface area (Å²) in [6.45, 7) is 3.98. The van der Waals surface area contributed by atoms with Gasteiger partial charge in [0.1, 0.15) is 5.75 Å². The van der Waals surface area contributed by atoms with Crippen LogP contribution in [-0.4, -0.2) is 27.5 Å². The fraction of sp³-hybridized carbons (Fsp3) is 0.269. The van der Waals surface area contributed by atoms with Crippen molar-refractivity contribution in [2.24, 2.45) is 0 Å². The normalized spacial score (nSPS) is 14.3. The molecule has 1 heterocycles. The Bertz CT molecular complexity index is 1290. The molecule has 6 nitrogen and oxygen atoms in total. The first-order valence-corrected chi connectivity index (χ1v) is 13.4.